The highest BCUT2D eigenvalue weighted by Gasteiger charge is 2.33. The van der Waals surface area contributed by atoms with Crippen LogP contribution in [0, 0.1) is 5.92 Å². The fourth-order valence-corrected chi connectivity index (χ4v) is 4.30. The van der Waals surface area contributed by atoms with Gasteiger partial charge in [0.25, 0.3) is 0 Å². The topological polar surface area (TPSA) is 44.5 Å². The Hall–Kier alpha value is -1.69. The number of benzene rings is 1. The Morgan fingerprint density at radius 2 is 1.96 bits per heavy atom. The van der Waals surface area contributed by atoms with Gasteiger partial charge in [-0.05, 0) is 50.0 Å². The van der Waals surface area contributed by atoms with Crippen LogP contribution in [0.3, 0.4) is 0 Å². The van der Waals surface area contributed by atoms with Gasteiger partial charge in [-0.25, -0.2) is 0 Å². The molecule has 1 N–H and O–H groups in total. The van der Waals surface area contributed by atoms with E-state index in [9.17, 15) is 5.11 Å². The Balaban J connectivity index is 1.68. The van der Waals surface area contributed by atoms with E-state index in [2.05, 4.69) is 47.2 Å². The van der Waals surface area contributed by atoms with Gasteiger partial charge in [0.15, 0.2) is 0 Å². The molecule has 0 amide bonds. The van der Waals surface area contributed by atoms with E-state index in [1.165, 1.54) is 30.5 Å². The van der Waals surface area contributed by atoms with E-state index >= 15 is 0 Å². The lowest BCUT2D eigenvalue weighted by Gasteiger charge is -2.42. The molecule has 0 saturated carbocycles. The second kappa shape index (κ2) is 8.80. The first-order valence-electron chi connectivity index (χ1n) is 9.70. The standard InChI is InChI=1S/C21H32N4O/c1-4-25-11-5-6-19(21(25)20-12-22-24(3)15-20)14-23(2)13-17-7-9-18(16-26)10-8-17/h7-10,12,15,19,21,26H,4-6,11,13-14,16H2,1-3H3/t19-,21+/m0/s1. The van der Waals surface area contributed by atoms with Crippen LogP contribution in [0.5, 0.6) is 0 Å². The number of aromatic nitrogens is 2. The maximum Gasteiger partial charge on any atom is 0.0681 e. The number of aryl methyl sites for hydroxylation is 1. The highest BCUT2D eigenvalue weighted by Crippen LogP contribution is 2.36. The van der Waals surface area contributed by atoms with Crippen molar-refractivity contribution in [3.63, 3.8) is 0 Å². The summed E-state index contributed by atoms with van der Waals surface area (Å²) in [7, 11) is 4.21. The van der Waals surface area contributed by atoms with Gasteiger partial charge in [-0.2, -0.15) is 5.10 Å². The van der Waals surface area contributed by atoms with Gasteiger partial charge in [0.1, 0.15) is 0 Å². The van der Waals surface area contributed by atoms with Gasteiger partial charge in [0.05, 0.1) is 12.8 Å². The van der Waals surface area contributed by atoms with Gasteiger partial charge in [-0.15, -0.1) is 0 Å². The van der Waals surface area contributed by atoms with Gasteiger partial charge in [0, 0.05) is 37.9 Å². The molecule has 1 aliphatic rings. The van der Waals surface area contributed by atoms with E-state index in [1.807, 2.05) is 30.1 Å². The lowest BCUT2D eigenvalue weighted by atomic mass is 9.85. The van der Waals surface area contributed by atoms with Gasteiger partial charge in [-0.3, -0.25) is 9.58 Å². The van der Waals surface area contributed by atoms with E-state index in [0.29, 0.717) is 12.0 Å². The minimum atomic E-state index is 0.109. The van der Waals surface area contributed by atoms with Crippen LogP contribution in [-0.4, -0.2) is 51.4 Å². The average molecular weight is 357 g/mol. The van der Waals surface area contributed by atoms with Gasteiger partial charge >= 0.3 is 0 Å². The van der Waals surface area contributed by atoms with Crippen molar-refractivity contribution in [3.05, 3.63) is 53.3 Å². The highest BCUT2D eigenvalue weighted by molar-refractivity contribution is 5.22. The Bertz CT molecular complexity index is 682. The summed E-state index contributed by atoms with van der Waals surface area (Å²) in [6.07, 6.45) is 6.76. The van der Waals surface area contributed by atoms with Gasteiger partial charge in [0.2, 0.25) is 0 Å². The van der Waals surface area contributed by atoms with Crippen molar-refractivity contribution >= 4 is 0 Å². The first-order valence-corrected chi connectivity index (χ1v) is 9.70. The molecular formula is C21H32N4O. The molecule has 0 unspecified atom stereocenters. The summed E-state index contributed by atoms with van der Waals surface area (Å²) in [6, 6.07) is 8.74. The molecule has 26 heavy (non-hydrogen) atoms. The van der Waals surface area contributed by atoms with E-state index < -0.39 is 0 Å². The van der Waals surface area contributed by atoms with E-state index in [0.717, 1.165) is 25.2 Å². The van der Waals surface area contributed by atoms with Crippen LogP contribution in [0.4, 0.5) is 0 Å². The number of piperidine rings is 1. The van der Waals surface area contributed by atoms with Crippen LogP contribution in [0.2, 0.25) is 0 Å². The van der Waals surface area contributed by atoms with Crippen LogP contribution >= 0.6 is 0 Å². The Kier molecular flexibility index (Phi) is 6.46. The van der Waals surface area contributed by atoms with Gasteiger partial charge in [-0.1, -0.05) is 31.2 Å². The summed E-state index contributed by atoms with van der Waals surface area (Å²) in [5.41, 5.74) is 3.62. The normalized spacial score (nSPS) is 21.4. The van der Waals surface area contributed by atoms with Crippen molar-refractivity contribution in [2.45, 2.75) is 39.0 Å². The van der Waals surface area contributed by atoms with Crippen molar-refractivity contribution < 1.29 is 5.11 Å². The monoisotopic (exact) mass is 356 g/mol. The molecule has 3 rings (SSSR count). The second-order valence-corrected chi connectivity index (χ2v) is 7.59. The number of nitrogens with zero attached hydrogens (tertiary/aromatic N) is 4. The van der Waals surface area contributed by atoms with E-state index in [1.54, 1.807) is 0 Å². The molecule has 0 spiro atoms. The van der Waals surface area contributed by atoms with Crippen LogP contribution in [0.25, 0.3) is 0 Å². The summed E-state index contributed by atoms with van der Waals surface area (Å²) < 4.78 is 1.92. The zero-order valence-corrected chi connectivity index (χ0v) is 16.3. The van der Waals surface area contributed by atoms with Crippen molar-refractivity contribution in [2.75, 3.05) is 26.7 Å². The minimum Gasteiger partial charge on any atom is -0.392 e. The summed E-state index contributed by atoms with van der Waals surface area (Å²) in [6.45, 7) is 6.66. The third kappa shape index (κ3) is 4.53. The van der Waals surface area contributed by atoms with Crippen LogP contribution < -0.4 is 0 Å². The molecule has 5 heteroatoms. The lowest BCUT2D eigenvalue weighted by molar-refractivity contribution is 0.0749. The van der Waals surface area contributed by atoms with Crippen LogP contribution in [-0.2, 0) is 20.2 Å². The third-order valence-corrected chi connectivity index (χ3v) is 5.54. The molecule has 1 aliphatic heterocycles. The molecule has 1 saturated heterocycles. The fraction of sp³-hybridized carbons (Fsp3) is 0.571. The molecule has 1 aromatic heterocycles. The molecule has 0 aliphatic carbocycles. The van der Waals surface area contributed by atoms with Crippen LogP contribution in [0.1, 0.15) is 42.5 Å². The van der Waals surface area contributed by atoms with E-state index in [-0.39, 0.29) is 6.61 Å². The smallest absolute Gasteiger partial charge is 0.0681 e. The molecule has 142 valence electrons. The molecule has 2 aromatic rings. The first-order chi connectivity index (χ1) is 12.6. The maximum atomic E-state index is 9.19. The third-order valence-electron chi connectivity index (χ3n) is 5.54. The molecule has 2 heterocycles. The molecule has 1 aromatic carbocycles. The zero-order chi connectivity index (χ0) is 18.5. The zero-order valence-electron chi connectivity index (χ0n) is 16.3. The predicted octanol–water partition coefficient (Wildman–Crippen LogP) is 2.82. The number of hydrogen-bond acceptors (Lipinski definition) is 4. The molecule has 1 fully saturated rings. The lowest BCUT2D eigenvalue weighted by Crippen LogP contribution is -2.42. The number of aliphatic hydroxyl groups excluding tert-OH is 1. The SMILES string of the molecule is CCN1CCC[C@@H](CN(C)Cc2ccc(CO)cc2)[C@@H]1c1cnn(C)c1. The maximum absolute atomic E-state index is 9.19. The quantitative estimate of drug-likeness (QED) is 0.829. The number of rotatable bonds is 7. The Morgan fingerprint density at radius 1 is 1.23 bits per heavy atom. The van der Waals surface area contributed by atoms with Crippen LogP contribution in [0.15, 0.2) is 36.7 Å². The largest absolute Gasteiger partial charge is 0.392 e. The highest BCUT2D eigenvalue weighted by atomic mass is 16.3. The fourth-order valence-electron chi connectivity index (χ4n) is 4.30. The molecule has 0 bridgehead atoms. The Morgan fingerprint density at radius 3 is 2.58 bits per heavy atom. The average Bonchev–Trinajstić information content (AvgIpc) is 3.08. The van der Waals surface area contributed by atoms with Crippen molar-refractivity contribution in [1.82, 2.24) is 19.6 Å². The summed E-state index contributed by atoms with van der Waals surface area (Å²) in [5, 5.41) is 13.6. The minimum absolute atomic E-state index is 0.109. The van der Waals surface area contributed by atoms with Crippen molar-refractivity contribution in [1.29, 1.82) is 0 Å². The van der Waals surface area contributed by atoms with Gasteiger partial charge < -0.3 is 10.0 Å². The number of aliphatic hydroxyl groups is 1. The summed E-state index contributed by atoms with van der Waals surface area (Å²) in [5.74, 6) is 0.620. The Labute approximate surface area is 157 Å². The molecule has 5 nitrogen and oxygen atoms in total. The summed E-state index contributed by atoms with van der Waals surface area (Å²) >= 11 is 0. The van der Waals surface area contributed by atoms with E-state index in [4.69, 9.17) is 0 Å². The number of hydrogen-bond donors (Lipinski definition) is 1. The first kappa shape index (κ1) is 19.1. The second-order valence-electron chi connectivity index (χ2n) is 7.59. The molecule has 0 radical (unpaired) electrons. The number of likely N-dealkylation sites (tertiary alicyclic amines) is 1. The molecular weight excluding hydrogens is 324 g/mol. The van der Waals surface area contributed by atoms with Crippen molar-refractivity contribution in [3.8, 4) is 0 Å². The predicted molar refractivity (Wildman–Crippen MR) is 105 cm³/mol. The van der Waals surface area contributed by atoms with Crippen molar-refractivity contribution in [2.24, 2.45) is 13.0 Å². The summed E-state index contributed by atoms with van der Waals surface area (Å²) in [4.78, 5) is 5.04. The molecule has 2 atom stereocenters.